The van der Waals surface area contributed by atoms with Crippen molar-refractivity contribution in [2.45, 2.75) is 41.9 Å². The first kappa shape index (κ1) is 13.2. The van der Waals surface area contributed by atoms with Crippen LogP contribution in [0.1, 0.15) is 24.8 Å². The van der Waals surface area contributed by atoms with Gasteiger partial charge in [-0.2, -0.15) is 0 Å². The average Bonchev–Trinajstić information content (AvgIpc) is 3.23. The summed E-state index contributed by atoms with van der Waals surface area (Å²) in [5, 5.41) is 4.54. The molecule has 0 amide bonds. The van der Waals surface area contributed by atoms with Gasteiger partial charge >= 0.3 is 0 Å². The first-order valence-electron chi connectivity index (χ1n) is 8.09. The molecule has 1 saturated carbocycles. The fraction of sp³-hybridized carbons (Fsp3) is 0.647. The third kappa shape index (κ3) is 2.90. The van der Waals surface area contributed by atoms with E-state index in [1.807, 2.05) is 0 Å². The first-order valence-corrected chi connectivity index (χ1v) is 8.97. The fourth-order valence-corrected chi connectivity index (χ4v) is 5.02. The summed E-state index contributed by atoms with van der Waals surface area (Å²) in [6.45, 7) is 5.04. The predicted molar refractivity (Wildman–Crippen MR) is 85.4 cm³/mol. The standard InChI is InChI=1S/C17H24N2S/c1-2-5-17-14(4-1)10-15(20-17)11-19-9-3-8-18-16(12-19)13-6-7-13/h1-2,4-5,13,15-16,18H,3,6-12H2. The summed E-state index contributed by atoms with van der Waals surface area (Å²) in [7, 11) is 0. The molecule has 20 heavy (non-hydrogen) atoms. The molecule has 2 nitrogen and oxygen atoms in total. The van der Waals surface area contributed by atoms with Gasteiger partial charge in [-0.25, -0.2) is 0 Å². The van der Waals surface area contributed by atoms with Gasteiger partial charge in [0, 0.05) is 29.3 Å². The average molecular weight is 288 g/mol. The van der Waals surface area contributed by atoms with Crippen LogP contribution >= 0.6 is 11.8 Å². The van der Waals surface area contributed by atoms with E-state index in [-0.39, 0.29) is 0 Å². The largest absolute Gasteiger partial charge is 0.312 e. The van der Waals surface area contributed by atoms with Crippen LogP contribution in [0, 0.1) is 5.92 Å². The third-order valence-electron chi connectivity index (χ3n) is 4.88. The number of thioether (sulfide) groups is 1. The zero-order chi connectivity index (χ0) is 13.4. The molecular weight excluding hydrogens is 264 g/mol. The van der Waals surface area contributed by atoms with Gasteiger partial charge in [-0.15, -0.1) is 11.8 Å². The van der Waals surface area contributed by atoms with E-state index in [0.29, 0.717) is 0 Å². The lowest BCUT2D eigenvalue weighted by atomic mass is 10.1. The molecule has 108 valence electrons. The van der Waals surface area contributed by atoms with Crippen LogP contribution in [0.4, 0.5) is 0 Å². The Morgan fingerprint density at radius 1 is 1.25 bits per heavy atom. The summed E-state index contributed by atoms with van der Waals surface area (Å²) >= 11 is 2.10. The van der Waals surface area contributed by atoms with Crippen LogP contribution in [-0.4, -0.2) is 42.4 Å². The Morgan fingerprint density at radius 3 is 3.00 bits per heavy atom. The maximum Gasteiger partial charge on any atom is 0.0263 e. The molecule has 3 heteroatoms. The molecule has 0 spiro atoms. The van der Waals surface area contributed by atoms with Crippen molar-refractivity contribution in [1.29, 1.82) is 0 Å². The van der Waals surface area contributed by atoms with Crippen LogP contribution in [0.15, 0.2) is 29.2 Å². The van der Waals surface area contributed by atoms with Crippen LogP contribution in [0.2, 0.25) is 0 Å². The molecular formula is C17H24N2S. The van der Waals surface area contributed by atoms with Crippen molar-refractivity contribution in [1.82, 2.24) is 10.2 Å². The Balaban J connectivity index is 1.37. The quantitative estimate of drug-likeness (QED) is 0.921. The second-order valence-electron chi connectivity index (χ2n) is 6.56. The molecule has 1 aliphatic carbocycles. The Hall–Kier alpha value is -0.510. The van der Waals surface area contributed by atoms with E-state index in [2.05, 4.69) is 46.2 Å². The minimum absolute atomic E-state index is 0.769. The predicted octanol–water partition coefficient (Wildman–Crippen LogP) is 2.78. The summed E-state index contributed by atoms with van der Waals surface area (Å²) in [5.41, 5.74) is 1.56. The molecule has 2 unspecified atom stereocenters. The van der Waals surface area contributed by atoms with E-state index in [1.165, 1.54) is 56.8 Å². The van der Waals surface area contributed by atoms with E-state index < -0.39 is 0 Å². The molecule has 4 rings (SSSR count). The van der Waals surface area contributed by atoms with Crippen molar-refractivity contribution >= 4 is 11.8 Å². The Kier molecular flexibility index (Phi) is 3.76. The van der Waals surface area contributed by atoms with Gasteiger partial charge in [0.05, 0.1) is 0 Å². The lowest BCUT2D eigenvalue weighted by Crippen LogP contribution is -2.41. The summed E-state index contributed by atoms with van der Waals surface area (Å²) in [6, 6.07) is 9.72. The number of fused-ring (bicyclic) bond motifs is 1. The van der Waals surface area contributed by atoms with Crippen LogP contribution in [-0.2, 0) is 6.42 Å². The number of nitrogens with zero attached hydrogens (tertiary/aromatic N) is 1. The Labute approximate surface area is 126 Å². The monoisotopic (exact) mass is 288 g/mol. The van der Waals surface area contributed by atoms with Crippen molar-refractivity contribution in [3.05, 3.63) is 29.8 Å². The number of nitrogens with one attached hydrogen (secondary N) is 1. The van der Waals surface area contributed by atoms with Gasteiger partial charge < -0.3 is 10.2 Å². The van der Waals surface area contributed by atoms with Crippen LogP contribution in [0.3, 0.4) is 0 Å². The number of hydrogen-bond donors (Lipinski definition) is 1. The van der Waals surface area contributed by atoms with E-state index in [9.17, 15) is 0 Å². The van der Waals surface area contributed by atoms with Gasteiger partial charge in [0.25, 0.3) is 0 Å². The zero-order valence-corrected chi connectivity index (χ0v) is 12.9. The summed E-state index contributed by atoms with van der Waals surface area (Å²) < 4.78 is 0. The molecule has 1 saturated heterocycles. The van der Waals surface area contributed by atoms with Crippen LogP contribution in [0.25, 0.3) is 0 Å². The van der Waals surface area contributed by atoms with Gasteiger partial charge in [0.15, 0.2) is 0 Å². The fourth-order valence-electron chi connectivity index (χ4n) is 3.65. The zero-order valence-electron chi connectivity index (χ0n) is 12.1. The normalized spacial score (nSPS) is 31.0. The highest BCUT2D eigenvalue weighted by molar-refractivity contribution is 8.00. The third-order valence-corrected chi connectivity index (χ3v) is 6.18. The lowest BCUT2D eigenvalue weighted by Gasteiger charge is -2.26. The molecule has 1 N–H and O–H groups in total. The molecule has 2 aliphatic heterocycles. The Morgan fingerprint density at radius 2 is 2.15 bits per heavy atom. The molecule has 0 aromatic heterocycles. The van der Waals surface area contributed by atoms with Gasteiger partial charge in [-0.3, -0.25) is 0 Å². The molecule has 2 atom stereocenters. The smallest absolute Gasteiger partial charge is 0.0263 e. The van der Waals surface area contributed by atoms with E-state index in [0.717, 1.165) is 17.2 Å². The second kappa shape index (κ2) is 5.70. The maximum atomic E-state index is 3.77. The maximum absolute atomic E-state index is 3.77. The summed E-state index contributed by atoms with van der Waals surface area (Å²) in [6.07, 6.45) is 5.48. The summed E-state index contributed by atoms with van der Waals surface area (Å²) in [4.78, 5) is 4.25. The van der Waals surface area contributed by atoms with Gasteiger partial charge in [-0.05, 0) is 56.3 Å². The first-order chi connectivity index (χ1) is 9.88. The van der Waals surface area contributed by atoms with Crippen LogP contribution in [0.5, 0.6) is 0 Å². The van der Waals surface area contributed by atoms with E-state index >= 15 is 0 Å². The number of hydrogen-bond acceptors (Lipinski definition) is 3. The number of rotatable bonds is 3. The molecule has 2 fully saturated rings. The minimum atomic E-state index is 0.769. The molecule has 0 bridgehead atoms. The van der Waals surface area contributed by atoms with Gasteiger partial charge in [0.2, 0.25) is 0 Å². The molecule has 0 radical (unpaired) electrons. The van der Waals surface area contributed by atoms with Gasteiger partial charge in [0.1, 0.15) is 0 Å². The van der Waals surface area contributed by atoms with Gasteiger partial charge in [-0.1, -0.05) is 18.2 Å². The lowest BCUT2D eigenvalue weighted by molar-refractivity contribution is 0.259. The summed E-state index contributed by atoms with van der Waals surface area (Å²) in [5.74, 6) is 0.976. The SMILES string of the molecule is c1ccc2c(c1)CC(CN1CCCNC(C3CC3)C1)S2. The topological polar surface area (TPSA) is 15.3 Å². The van der Waals surface area contributed by atoms with Crippen molar-refractivity contribution in [2.24, 2.45) is 5.92 Å². The highest BCUT2D eigenvalue weighted by Crippen LogP contribution is 2.38. The number of benzene rings is 1. The van der Waals surface area contributed by atoms with Crippen molar-refractivity contribution in [2.75, 3.05) is 26.2 Å². The minimum Gasteiger partial charge on any atom is -0.312 e. The molecule has 1 aromatic rings. The molecule has 2 heterocycles. The van der Waals surface area contributed by atoms with E-state index in [4.69, 9.17) is 0 Å². The molecule has 3 aliphatic rings. The highest BCUT2D eigenvalue weighted by atomic mass is 32.2. The highest BCUT2D eigenvalue weighted by Gasteiger charge is 2.34. The van der Waals surface area contributed by atoms with Crippen molar-refractivity contribution < 1.29 is 0 Å². The van der Waals surface area contributed by atoms with Crippen LogP contribution < -0.4 is 5.32 Å². The molecule has 1 aromatic carbocycles. The second-order valence-corrected chi connectivity index (χ2v) is 7.91. The van der Waals surface area contributed by atoms with E-state index in [1.54, 1.807) is 5.56 Å². The van der Waals surface area contributed by atoms with Crippen molar-refractivity contribution in [3.63, 3.8) is 0 Å². The van der Waals surface area contributed by atoms with Crippen molar-refractivity contribution in [3.8, 4) is 0 Å². The Bertz CT molecular complexity index is 447.